The number of hydrogen-bond acceptors (Lipinski definition) is 18. The lowest BCUT2D eigenvalue weighted by atomic mass is 9.62. The monoisotopic (exact) mass is 1110 g/mol. The zero-order valence-corrected chi connectivity index (χ0v) is 48.8. The summed E-state index contributed by atoms with van der Waals surface area (Å²) in [5, 5.41) is 11.6. The van der Waals surface area contributed by atoms with Crippen molar-refractivity contribution in [3.63, 3.8) is 0 Å². The molecule has 2 fully saturated rings. The molecule has 2 rings (SSSR count). The summed E-state index contributed by atoms with van der Waals surface area (Å²) >= 11 is 0. The van der Waals surface area contributed by atoms with Crippen LogP contribution in [0, 0.1) is 21.7 Å². The van der Waals surface area contributed by atoms with E-state index in [2.05, 4.69) is 76.0 Å². The van der Waals surface area contributed by atoms with Gasteiger partial charge >= 0.3 is 56.8 Å². The van der Waals surface area contributed by atoms with Gasteiger partial charge in [0.1, 0.15) is 39.6 Å². The second-order valence-electron chi connectivity index (χ2n) is 23.0. The number of rotatable bonds is 34. The Bertz CT molecular complexity index is 1830. The molecule has 0 aromatic rings. The third-order valence-electron chi connectivity index (χ3n) is 12.8. The summed E-state index contributed by atoms with van der Waals surface area (Å²) in [6.07, 6.45) is 6.11. The van der Waals surface area contributed by atoms with E-state index in [1.165, 1.54) is 13.8 Å². The van der Waals surface area contributed by atoms with Crippen LogP contribution in [-0.2, 0) is 65.9 Å². The maximum absolute atomic E-state index is 12.5. The van der Waals surface area contributed by atoms with Crippen LogP contribution in [0.2, 0.25) is 13.1 Å². The lowest BCUT2D eigenvalue weighted by Crippen LogP contribution is -2.50. The highest BCUT2D eigenvalue weighted by Crippen LogP contribution is 2.47. The maximum atomic E-state index is 12.5. The Morgan fingerprint density at radius 2 is 0.779 bits per heavy atom. The van der Waals surface area contributed by atoms with E-state index in [1.807, 2.05) is 13.1 Å². The second kappa shape index (κ2) is 33.8. The van der Waals surface area contributed by atoms with Gasteiger partial charge < -0.3 is 68.0 Å². The molecule has 4 unspecified atom stereocenters. The number of hydrogen-bond donors (Lipinski definition) is 4. The predicted octanol–water partition coefficient (Wildman–Crippen LogP) is 8.24. The van der Waals surface area contributed by atoms with Crippen LogP contribution < -0.4 is 21.3 Å². The minimum atomic E-state index is -2.58. The molecule has 77 heavy (non-hydrogen) atoms. The van der Waals surface area contributed by atoms with E-state index in [4.69, 9.17) is 46.7 Å². The normalized spacial score (nSPS) is 20.4. The maximum Gasteiger partial charge on any atom is 0.407 e. The quantitative estimate of drug-likeness (QED) is 0.0155. The number of amides is 4. The van der Waals surface area contributed by atoms with Gasteiger partial charge in [0.2, 0.25) is 0 Å². The fourth-order valence-electron chi connectivity index (χ4n) is 10.1. The van der Waals surface area contributed by atoms with Crippen molar-refractivity contribution in [3.8, 4) is 0 Å². The smallest absolute Gasteiger partial charge is 0.407 e. The van der Waals surface area contributed by atoms with Crippen molar-refractivity contribution >= 4 is 56.8 Å². The van der Waals surface area contributed by atoms with Crippen molar-refractivity contribution in [3.05, 3.63) is 24.3 Å². The minimum absolute atomic E-state index is 0.0666. The Balaban J connectivity index is 1.48. The van der Waals surface area contributed by atoms with Crippen LogP contribution in [-0.4, -0.2) is 148 Å². The van der Waals surface area contributed by atoms with Crippen molar-refractivity contribution in [2.75, 3.05) is 79.2 Å². The Morgan fingerprint density at radius 3 is 1.14 bits per heavy atom. The van der Waals surface area contributed by atoms with Crippen molar-refractivity contribution in [1.82, 2.24) is 21.3 Å². The molecule has 0 radical (unpaired) electrons. The molecule has 22 nitrogen and oxygen atoms in total. The van der Waals surface area contributed by atoms with E-state index in [0.717, 1.165) is 25.7 Å². The number of nitrogens with one attached hydrogen (secondary N) is 4. The van der Waals surface area contributed by atoms with E-state index in [9.17, 15) is 38.4 Å². The van der Waals surface area contributed by atoms with Gasteiger partial charge in [0.05, 0.1) is 26.4 Å². The van der Waals surface area contributed by atoms with Crippen molar-refractivity contribution in [2.24, 2.45) is 21.7 Å². The van der Waals surface area contributed by atoms with Gasteiger partial charge in [-0.1, -0.05) is 54.7 Å². The molecule has 0 saturated heterocycles. The fourth-order valence-corrected chi connectivity index (χ4v) is 11.3. The Hall–Kier alpha value is -5.42. The van der Waals surface area contributed by atoms with Gasteiger partial charge in [-0.05, 0) is 126 Å². The summed E-state index contributed by atoms with van der Waals surface area (Å²) in [6, 6.07) is -0.357. The molecule has 23 heteroatoms. The number of alkyl carbamates (subject to hydrolysis) is 4. The summed E-state index contributed by atoms with van der Waals surface area (Å²) in [5.74, 6) is -1.81. The zero-order chi connectivity index (χ0) is 57.7. The molecule has 0 heterocycles. The molecule has 440 valence electrons. The fraction of sp³-hybridized carbons (Fsp3) is 0.778. The van der Waals surface area contributed by atoms with Gasteiger partial charge in [0, 0.05) is 49.2 Å². The van der Waals surface area contributed by atoms with Crippen molar-refractivity contribution in [2.45, 2.75) is 170 Å². The summed E-state index contributed by atoms with van der Waals surface area (Å²) in [5.41, 5.74) is -0.315. The topological polar surface area (TPSA) is 277 Å². The standard InChI is InChI=1S/C54H92N4O18Si/c1-39(2)45(61)69-23-25-73-49(65)57-41-31-51(5,6)35-53(9,33-41)37-55-47(63)71-21-17-13-15-19-43(59)67-27-29-75-77(11,12)76-30-28-68-44(60)20-16-14-18-22-72-48(64)56-38-54(10)34-42(32-52(7,8)36-54)58-50(66)74-26-24-70-46(62)40(3)4/h41-42H,1,3,13-38H2,2,4-12H3,(H,55,63)(H,56,64)(H,57,65)(H,58,66). The molecular weight excluding hydrogens is 1020 g/mol. The summed E-state index contributed by atoms with van der Waals surface area (Å²) < 4.78 is 53.3. The van der Waals surface area contributed by atoms with Crippen LogP contribution in [0.1, 0.15) is 145 Å². The molecule has 4 N–H and O–H groups in total. The molecule has 4 amide bonds. The van der Waals surface area contributed by atoms with E-state index in [0.29, 0.717) is 64.5 Å². The van der Waals surface area contributed by atoms with Crippen LogP contribution in [0.15, 0.2) is 24.3 Å². The summed E-state index contributed by atoms with van der Waals surface area (Å²) in [6.45, 7) is 27.6. The highest BCUT2D eigenvalue weighted by molar-refractivity contribution is 6.64. The van der Waals surface area contributed by atoms with Gasteiger partial charge in [0.15, 0.2) is 0 Å². The first kappa shape index (κ1) is 67.7. The third kappa shape index (κ3) is 31.5. The average Bonchev–Trinajstić information content (AvgIpc) is 3.31. The molecule has 4 atom stereocenters. The van der Waals surface area contributed by atoms with Gasteiger partial charge in [-0.15, -0.1) is 0 Å². The van der Waals surface area contributed by atoms with Crippen LogP contribution >= 0.6 is 0 Å². The Labute approximate surface area is 457 Å². The number of carbonyl (C=O) groups is 8. The van der Waals surface area contributed by atoms with Crippen LogP contribution in [0.25, 0.3) is 0 Å². The first-order valence-corrected chi connectivity index (χ1v) is 29.7. The lowest BCUT2D eigenvalue weighted by Gasteiger charge is -2.46. The number of esters is 4. The van der Waals surface area contributed by atoms with Gasteiger partial charge in [0.25, 0.3) is 0 Å². The van der Waals surface area contributed by atoms with E-state index >= 15 is 0 Å². The van der Waals surface area contributed by atoms with Crippen molar-refractivity contribution < 1.29 is 85.1 Å². The highest BCUT2D eigenvalue weighted by atomic mass is 28.4. The molecule has 0 aromatic carbocycles. The molecule has 2 aliphatic carbocycles. The summed E-state index contributed by atoms with van der Waals surface area (Å²) in [7, 11) is -2.58. The van der Waals surface area contributed by atoms with Crippen LogP contribution in [0.5, 0.6) is 0 Å². The minimum Gasteiger partial charge on any atom is -0.463 e. The molecule has 2 saturated carbocycles. The van der Waals surface area contributed by atoms with Crippen molar-refractivity contribution in [1.29, 1.82) is 0 Å². The molecule has 0 aromatic heterocycles. The van der Waals surface area contributed by atoms with E-state index in [-0.39, 0.29) is 136 Å². The molecule has 0 bridgehead atoms. The zero-order valence-electron chi connectivity index (χ0n) is 47.8. The van der Waals surface area contributed by atoms with E-state index < -0.39 is 44.9 Å². The molecule has 0 aliphatic heterocycles. The van der Waals surface area contributed by atoms with Gasteiger partial charge in [-0.3, -0.25) is 9.59 Å². The second-order valence-corrected chi connectivity index (χ2v) is 26.4. The Morgan fingerprint density at radius 1 is 0.442 bits per heavy atom. The number of carbonyl (C=O) groups excluding carboxylic acids is 8. The van der Waals surface area contributed by atoms with Gasteiger partial charge in [-0.2, -0.15) is 0 Å². The SMILES string of the molecule is C=C(C)C(=O)OCCOC(=O)NC1CC(C)(C)CC(C)(CNC(=O)OCCCCCC(=O)OCCO[Si](C)(C)OCCOC(=O)CCCCCOC(=O)NCC2(C)CC(NC(=O)OCCOC(=O)C(=C)C)CC(C)(C)C2)C1. The molecule has 2 aliphatic rings. The molecule has 0 spiro atoms. The number of unbranched alkanes of at least 4 members (excludes halogenated alkanes) is 4. The van der Waals surface area contributed by atoms with Gasteiger partial charge in [-0.25, -0.2) is 28.8 Å². The predicted molar refractivity (Wildman–Crippen MR) is 287 cm³/mol. The summed E-state index contributed by atoms with van der Waals surface area (Å²) in [4.78, 5) is 97.5. The first-order valence-electron chi connectivity index (χ1n) is 26.9. The molecular formula is C54H92N4O18Si. The average molecular weight is 1110 g/mol. The highest BCUT2D eigenvalue weighted by Gasteiger charge is 2.43. The number of ether oxygens (including phenoxy) is 8. The van der Waals surface area contributed by atoms with E-state index in [1.54, 1.807) is 0 Å². The largest absolute Gasteiger partial charge is 0.463 e. The van der Waals surface area contributed by atoms with Crippen LogP contribution in [0.4, 0.5) is 19.2 Å². The lowest BCUT2D eigenvalue weighted by molar-refractivity contribution is -0.145. The Kier molecular flexibility index (Phi) is 29.7. The first-order chi connectivity index (χ1) is 36.0. The third-order valence-corrected chi connectivity index (χ3v) is 14.6. The van der Waals surface area contributed by atoms with Crippen LogP contribution in [0.3, 0.4) is 0 Å².